The molecular weight excluding hydrogens is 276 g/mol. The van der Waals surface area contributed by atoms with Crippen LogP contribution in [0, 0.1) is 10.1 Å². The number of aromatic amines is 1. The molecule has 1 heterocycles. The van der Waals surface area contributed by atoms with Crippen LogP contribution in [0.5, 0.6) is 0 Å². The van der Waals surface area contributed by atoms with Crippen LogP contribution >= 0.6 is 0 Å². The number of carboxylic acid groups (broad SMARTS) is 1. The Labute approximate surface area is 117 Å². The third-order valence-corrected chi connectivity index (χ3v) is 3.24. The first-order valence-electron chi connectivity index (χ1n) is 5.95. The molecule has 0 amide bonds. The van der Waals surface area contributed by atoms with Crippen molar-refractivity contribution in [2.75, 3.05) is 0 Å². The third kappa shape index (κ3) is 2.00. The smallest absolute Gasteiger partial charge is 0.339 e. The number of rotatable bonds is 2. The van der Waals surface area contributed by atoms with E-state index >= 15 is 0 Å². The average molecular weight is 284 g/mol. The second-order valence-corrected chi connectivity index (χ2v) is 4.51. The summed E-state index contributed by atoms with van der Waals surface area (Å²) >= 11 is 0. The number of benzene rings is 2. The summed E-state index contributed by atoms with van der Waals surface area (Å²) in [7, 11) is 0. The molecule has 1 aromatic carbocycles. The van der Waals surface area contributed by atoms with Gasteiger partial charge in [0.05, 0.1) is 10.4 Å². The molecule has 21 heavy (non-hydrogen) atoms. The molecule has 104 valence electrons. The van der Waals surface area contributed by atoms with E-state index in [1.54, 1.807) is 0 Å². The fourth-order valence-electron chi connectivity index (χ4n) is 2.21. The number of fused-ring (bicyclic) bond motifs is 2. The maximum absolute atomic E-state index is 12.1. The highest BCUT2D eigenvalue weighted by Crippen LogP contribution is 2.25. The Bertz CT molecular complexity index is 928. The summed E-state index contributed by atoms with van der Waals surface area (Å²) in [6.45, 7) is 0. The van der Waals surface area contributed by atoms with Crippen LogP contribution in [0.4, 0.5) is 5.69 Å². The van der Waals surface area contributed by atoms with E-state index in [-0.39, 0.29) is 16.8 Å². The van der Waals surface area contributed by atoms with Crippen LogP contribution in [0.15, 0.2) is 41.2 Å². The van der Waals surface area contributed by atoms with Gasteiger partial charge in [0.1, 0.15) is 5.56 Å². The fraction of sp³-hybridized carbons (Fsp3) is 0. The minimum absolute atomic E-state index is 0.0670. The SMILES string of the molecule is O=C(O)c1ccc2[nH]c3cc([N+](=O)[O-])ccc3cc-2c1=O. The molecule has 3 rings (SSSR count). The van der Waals surface area contributed by atoms with Gasteiger partial charge in [0.15, 0.2) is 0 Å². The van der Waals surface area contributed by atoms with Crippen molar-refractivity contribution in [3.63, 3.8) is 0 Å². The van der Waals surface area contributed by atoms with Gasteiger partial charge in [-0.1, -0.05) is 0 Å². The normalized spacial score (nSPS) is 10.9. The predicted octanol–water partition coefficient (Wildman–Crippen LogP) is 2.24. The number of aromatic carboxylic acids is 1. The number of nitrogens with one attached hydrogen (secondary N) is 1. The lowest BCUT2D eigenvalue weighted by Gasteiger charge is -2.08. The number of pyridine rings is 1. The lowest BCUT2D eigenvalue weighted by molar-refractivity contribution is -0.384. The molecular formula is C14H8N2O5. The van der Waals surface area contributed by atoms with Crippen molar-refractivity contribution in [1.82, 2.24) is 4.98 Å². The van der Waals surface area contributed by atoms with E-state index in [9.17, 15) is 19.7 Å². The molecule has 0 unspecified atom stereocenters. The number of nitrogens with zero attached hydrogens (tertiary/aromatic N) is 1. The second kappa shape index (κ2) is 4.41. The summed E-state index contributed by atoms with van der Waals surface area (Å²) in [6, 6.07) is 8.42. The monoisotopic (exact) mass is 284 g/mol. The van der Waals surface area contributed by atoms with E-state index in [2.05, 4.69) is 4.98 Å². The average Bonchev–Trinajstić information content (AvgIpc) is 2.45. The Morgan fingerprint density at radius 3 is 2.62 bits per heavy atom. The predicted molar refractivity (Wildman–Crippen MR) is 74.8 cm³/mol. The summed E-state index contributed by atoms with van der Waals surface area (Å²) in [6.07, 6.45) is 0. The minimum atomic E-state index is -1.29. The number of nitro benzene ring substituents is 1. The van der Waals surface area contributed by atoms with Crippen molar-refractivity contribution in [3.05, 3.63) is 62.3 Å². The first-order chi connectivity index (χ1) is 9.97. The van der Waals surface area contributed by atoms with Crippen LogP contribution in [0.25, 0.3) is 22.2 Å². The molecule has 1 aliphatic heterocycles. The molecule has 7 nitrogen and oxygen atoms in total. The van der Waals surface area contributed by atoms with Gasteiger partial charge in [0.2, 0.25) is 5.43 Å². The lowest BCUT2D eigenvalue weighted by Crippen LogP contribution is -2.17. The van der Waals surface area contributed by atoms with Crippen molar-refractivity contribution < 1.29 is 14.8 Å². The summed E-state index contributed by atoms with van der Waals surface area (Å²) in [5.41, 5.74) is 0.199. The van der Waals surface area contributed by atoms with Crippen molar-refractivity contribution >= 4 is 22.6 Å². The number of carbonyl (C=O) groups is 1. The fourth-order valence-corrected chi connectivity index (χ4v) is 2.21. The number of nitro groups is 1. The number of hydrogen-bond acceptors (Lipinski definition) is 4. The molecule has 0 saturated heterocycles. The highest BCUT2D eigenvalue weighted by molar-refractivity contribution is 5.92. The lowest BCUT2D eigenvalue weighted by atomic mass is 10.0. The van der Waals surface area contributed by atoms with E-state index in [0.717, 1.165) is 0 Å². The Kier molecular flexibility index (Phi) is 2.69. The summed E-state index contributed by atoms with van der Waals surface area (Å²) in [5.74, 6) is -1.29. The van der Waals surface area contributed by atoms with Gasteiger partial charge in [-0.3, -0.25) is 14.9 Å². The molecule has 0 atom stereocenters. The molecule has 1 aliphatic carbocycles. The maximum atomic E-state index is 12.1. The molecule has 7 heteroatoms. The van der Waals surface area contributed by atoms with Crippen LogP contribution in [0.1, 0.15) is 10.4 Å². The summed E-state index contributed by atoms with van der Waals surface area (Å²) in [5, 5.41) is 20.3. The number of carboxylic acids is 1. The Morgan fingerprint density at radius 2 is 1.95 bits per heavy atom. The highest BCUT2D eigenvalue weighted by Gasteiger charge is 2.16. The summed E-state index contributed by atoms with van der Waals surface area (Å²) < 4.78 is 0. The first kappa shape index (κ1) is 12.8. The number of aromatic nitrogens is 1. The van der Waals surface area contributed by atoms with Crippen LogP contribution in [-0.2, 0) is 0 Å². The molecule has 0 spiro atoms. The van der Waals surface area contributed by atoms with E-state index in [0.29, 0.717) is 16.6 Å². The largest absolute Gasteiger partial charge is 0.478 e. The number of non-ortho nitro benzene ring substituents is 1. The van der Waals surface area contributed by atoms with Gasteiger partial charge >= 0.3 is 5.97 Å². The highest BCUT2D eigenvalue weighted by atomic mass is 16.6. The molecule has 0 bridgehead atoms. The van der Waals surface area contributed by atoms with Crippen LogP contribution in [0.2, 0.25) is 0 Å². The van der Waals surface area contributed by atoms with Crippen molar-refractivity contribution in [2.24, 2.45) is 0 Å². The summed E-state index contributed by atoms with van der Waals surface area (Å²) in [4.78, 5) is 36.2. The van der Waals surface area contributed by atoms with Crippen molar-refractivity contribution in [2.45, 2.75) is 0 Å². The van der Waals surface area contributed by atoms with Gasteiger partial charge in [-0.25, -0.2) is 4.79 Å². The standard InChI is InChI=1S/C14H8N2O5/c17-13-9(14(18)19)3-4-11-10(13)5-7-1-2-8(16(20)21)6-12(7)15-11/h1-6,15H,(H,18,19). The molecule has 0 radical (unpaired) electrons. The zero-order chi connectivity index (χ0) is 15.1. The Balaban J connectivity index is 2.35. The zero-order valence-electron chi connectivity index (χ0n) is 10.5. The number of H-pyrrole nitrogens is 1. The van der Waals surface area contributed by atoms with Crippen molar-refractivity contribution in [3.8, 4) is 11.3 Å². The third-order valence-electron chi connectivity index (χ3n) is 3.24. The van der Waals surface area contributed by atoms with E-state index in [1.165, 1.54) is 36.4 Å². The van der Waals surface area contributed by atoms with Crippen LogP contribution < -0.4 is 5.43 Å². The van der Waals surface area contributed by atoms with Gasteiger partial charge in [-0.15, -0.1) is 0 Å². The van der Waals surface area contributed by atoms with Gasteiger partial charge in [-0.2, -0.15) is 0 Å². The minimum Gasteiger partial charge on any atom is -0.478 e. The topological polar surface area (TPSA) is 113 Å². The molecule has 0 fully saturated rings. The van der Waals surface area contributed by atoms with Gasteiger partial charge in [0.25, 0.3) is 5.69 Å². The van der Waals surface area contributed by atoms with Crippen LogP contribution in [-0.4, -0.2) is 21.0 Å². The Morgan fingerprint density at radius 1 is 1.19 bits per heavy atom. The molecule has 2 aliphatic rings. The van der Waals surface area contributed by atoms with Crippen LogP contribution in [0.3, 0.4) is 0 Å². The quantitative estimate of drug-likeness (QED) is 0.425. The van der Waals surface area contributed by atoms with E-state index < -0.39 is 16.3 Å². The van der Waals surface area contributed by atoms with Crippen molar-refractivity contribution in [1.29, 1.82) is 0 Å². The molecule has 2 N–H and O–H groups in total. The number of hydrogen-bond donors (Lipinski definition) is 2. The molecule has 0 aromatic heterocycles. The molecule has 1 aromatic rings. The van der Waals surface area contributed by atoms with E-state index in [4.69, 9.17) is 5.11 Å². The van der Waals surface area contributed by atoms with Gasteiger partial charge < -0.3 is 10.1 Å². The van der Waals surface area contributed by atoms with Gasteiger partial charge in [-0.05, 0) is 29.7 Å². The molecule has 0 saturated carbocycles. The maximum Gasteiger partial charge on any atom is 0.339 e. The Hall–Kier alpha value is -3.22. The first-order valence-corrected chi connectivity index (χ1v) is 5.95. The van der Waals surface area contributed by atoms with E-state index in [1.807, 2.05) is 0 Å². The van der Waals surface area contributed by atoms with Gasteiger partial charge in [0, 0.05) is 23.4 Å². The zero-order valence-corrected chi connectivity index (χ0v) is 10.5. The second-order valence-electron chi connectivity index (χ2n) is 4.51.